The molecule has 2 saturated carbocycles. The van der Waals surface area contributed by atoms with Crippen LogP contribution in [0, 0.1) is 23.1 Å². The van der Waals surface area contributed by atoms with E-state index >= 15 is 4.79 Å². The topological polar surface area (TPSA) is 221 Å². The van der Waals surface area contributed by atoms with Gasteiger partial charge in [-0.25, -0.2) is 38.0 Å². The molecule has 18 nitrogen and oxygen atoms in total. The number of rotatable bonds is 20. The van der Waals surface area contributed by atoms with Crippen LogP contribution in [0.1, 0.15) is 129 Å². The Morgan fingerprint density at radius 2 is 0.755 bits per heavy atom. The minimum Gasteiger partial charge on any atom is -0.459 e. The maximum Gasteiger partial charge on any atom is 0.338 e. The summed E-state index contributed by atoms with van der Waals surface area (Å²) >= 11 is 0. The smallest absolute Gasteiger partial charge is 0.338 e. The number of fused-ring (bicyclic) bond motifs is 5. The summed E-state index contributed by atoms with van der Waals surface area (Å²) in [7, 11) is 0. The van der Waals surface area contributed by atoms with E-state index in [1.54, 1.807) is 146 Å². The van der Waals surface area contributed by atoms with E-state index in [9.17, 15) is 33.2 Å². The molecule has 15 atom stereocenters. The average Bonchev–Trinajstić information content (AvgIpc) is 1.43. The largest absolute Gasteiger partial charge is 0.459 e. The molecule has 1 unspecified atom stereocenters. The maximum absolute atomic E-state index is 15.1. The highest BCUT2D eigenvalue weighted by Crippen LogP contribution is 2.62. The normalized spacial score (nSPS) is 26.8. The van der Waals surface area contributed by atoms with Crippen LogP contribution in [0.5, 0.6) is 0 Å². The number of carbonyl (C=O) groups excluding carboxylic acids is 7. The van der Waals surface area contributed by atoms with Gasteiger partial charge in [0.05, 0.1) is 45.0 Å². The third-order valence-corrected chi connectivity index (χ3v) is 19.4. The molecule has 0 aromatic heterocycles. The molecule has 8 aromatic carbocycles. The molecule has 98 heavy (non-hydrogen) atoms. The summed E-state index contributed by atoms with van der Waals surface area (Å²) in [5.74, 6) is -6.17. The second-order valence-electron chi connectivity index (χ2n) is 25.3. The quantitative estimate of drug-likeness (QED) is 0.0511. The summed E-state index contributed by atoms with van der Waals surface area (Å²) < 4.78 is 88.1. The van der Waals surface area contributed by atoms with Crippen LogP contribution in [0.15, 0.2) is 231 Å². The van der Waals surface area contributed by atoms with E-state index in [1.807, 2.05) is 6.07 Å². The van der Waals surface area contributed by atoms with Gasteiger partial charge in [0, 0.05) is 0 Å². The molecule has 2 aliphatic heterocycles. The molecule has 0 amide bonds. The average molecular weight is 1330 g/mol. The highest BCUT2D eigenvalue weighted by atomic mass is 19.1. The Hall–Kier alpha value is -10.2. The van der Waals surface area contributed by atoms with Crippen LogP contribution < -0.4 is 0 Å². The van der Waals surface area contributed by atoms with Gasteiger partial charge in [0.15, 0.2) is 43.1 Å². The molecule has 5 aliphatic rings. The van der Waals surface area contributed by atoms with E-state index in [1.165, 1.54) is 78.9 Å². The first-order valence-electron chi connectivity index (χ1n) is 32.9. The molecular weight excluding hydrogens is 1260 g/mol. The maximum atomic E-state index is 15.1. The van der Waals surface area contributed by atoms with Crippen molar-refractivity contribution in [2.24, 2.45) is 17.3 Å². The van der Waals surface area contributed by atoms with Gasteiger partial charge in [-0.15, -0.1) is 0 Å². The van der Waals surface area contributed by atoms with Crippen molar-refractivity contribution >= 4 is 41.8 Å². The highest BCUT2D eigenvalue weighted by molar-refractivity contribution is 5.93. The number of carbonyl (C=O) groups is 7. The van der Waals surface area contributed by atoms with Crippen LogP contribution in [0.2, 0.25) is 0 Å². The first kappa shape index (κ1) is 66.4. The van der Waals surface area contributed by atoms with E-state index in [0.717, 1.165) is 30.4 Å². The van der Waals surface area contributed by atoms with E-state index in [0.29, 0.717) is 19.3 Å². The zero-order valence-corrected chi connectivity index (χ0v) is 53.4. The first-order valence-corrected chi connectivity index (χ1v) is 32.9. The van der Waals surface area contributed by atoms with Crippen LogP contribution in [0.25, 0.3) is 0 Å². The third-order valence-electron chi connectivity index (χ3n) is 19.4. The fraction of sp³-hybridized carbons (Fsp3) is 0.304. The number of hydrogen-bond acceptors (Lipinski definition) is 18. The van der Waals surface area contributed by atoms with Crippen molar-refractivity contribution < 1.29 is 90.1 Å². The predicted molar refractivity (Wildman–Crippen MR) is 350 cm³/mol. The van der Waals surface area contributed by atoms with Crippen LogP contribution in [-0.4, -0.2) is 123 Å². The number of halogens is 1. The van der Waals surface area contributed by atoms with Crippen molar-refractivity contribution in [3.63, 3.8) is 0 Å². The monoisotopic (exact) mass is 1330 g/mol. The molecule has 0 N–H and O–H groups in total. The van der Waals surface area contributed by atoms with E-state index in [-0.39, 0.29) is 62.5 Å². The summed E-state index contributed by atoms with van der Waals surface area (Å²) in [5.41, 5.74) is 2.16. The summed E-state index contributed by atoms with van der Waals surface area (Å²) in [6, 6.07) is 60.7. The standard InChI is InChI=1S/C79H71FO18/c1-79-44-43-58-57-40-38-56(80)45-55(57)37-39-59(58)60(79)41-42-63(79)92-77-68(96-75(86)53-33-19-7-20-34-53)67(95-74(85)52-31-17-6-18-32-52)65(62(90-77)47-89-71(82)49-25-11-3-12-26-49)98-78-69(97-76(87)54-35-21-8-22-36-54)66(94-73(84)51-29-15-5-16-30-51)64(93-72(83)50-27-13-4-14-28-50)61(91-78)46-88-70(81)48-23-9-2-10-24-48/h2-36,38,40,45,58-69,77-78H,37,39,41-44,46-47H2,1H3/t58-,59-,60+,61-,62-,63?,64+,65-,66+,67+,68-,69-,77-,78+,79+/m1/s1. The van der Waals surface area contributed by atoms with Gasteiger partial charge in [0.25, 0.3) is 0 Å². The molecule has 3 aliphatic carbocycles. The van der Waals surface area contributed by atoms with Crippen molar-refractivity contribution in [2.75, 3.05) is 13.2 Å². The molecular formula is C79H71FO18. The van der Waals surface area contributed by atoms with Gasteiger partial charge in [-0.05, 0) is 170 Å². The molecule has 0 spiro atoms. The van der Waals surface area contributed by atoms with Gasteiger partial charge in [-0.3, -0.25) is 0 Å². The minimum absolute atomic E-state index is 0.00500. The lowest BCUT2D eigenvalue weighted by Gasteiger charge is -2.52. The third kappa shape index (κ3) is 14.7. The summed E-state index contributed by atoms with van der Waals surface area (Å²) in [5, 5.41) is 0. The number of aryl methyl sites for hydroxylation is 1. The fourth-order valence-corrected chi connectivity index (χ4v) is 14.6. The first-order chi connectivity index (χ1) is 47.8. The predicted octanol–water partition coefficient (Wildman–Crippen LogP) is 12.7. The van der Waals surface area contributed by atoms with Crippen molar-refractivity contribution in [3.8, 4) is 0 Å². The van der Waals surface area contributed by atoms with Crippen LogP contribution >= 0.6 is 0 Å². The Morgan fingerprint density at radius 3 is 1.17 bits per heavy atom. The van der Waals surface area contributed by atoms with Crippen LogP contribution in [-0.2, 0) is 58.5 Å². The number of hydrogen-bond donors (Lipinski definition) is 0. The summed E-state index contributed by atoms with van der Waals surface area (Å²) in [4.78, 5) is 103. The molecule has 2 saturated heterocycles. The molecule has 0 bridgehead atoms. The van der Waals surface area contributed by atoms with E-state index < -0.39 is 128 Å². The zero-order valence-electron chi connectivity index (χ0n) is 53.4. The number of benzene rings is 8. The van der Waals surface area contributed by atoms with Gasteiger partial charge in [0.1, 0.15) is 37.3 Å². The van der Waals surface area contributed by atoms with E-state index in [4.69, 9.17) is 52.1 Å². The van der Waals surface area contributed by atoms with Crippen LogP contribution in [0.3, 0.4) is 0 Å². The minimum atomic E-state index is -2.08. The fourth-order valence-electron chi connectivity index (χ4n) is 14.6. The van der Waals surface area contributed by atoms with Gasteiger partial charge < -0.3 is 52.1 Å². The van der Waals surface area contributed by atoms with Gasteiger partial charge >= 0.3 is 41.8 Å². The zero-order chi connectivity index (χ0) is 67.7. The Balaban J connectivity index is 0.947. The van der Waals surface area contributed by atoms with Gasteiger partial charge in [0.2, 0.25) is 0 Å². The Kier molecular flexibility index (Phi) is 20.4. The van der Waals surface area contributed by atoms with Crippen LogP contribution in [0.4, 0.5) is 4.39 Å². The van der Waals surface area contributed by atoms with Gasteiger partial charge in [-0.2, -0.15) is 0 Å². The Labute approximate surface area is 565 Å². The van der Waals surface area contributed by atoms with Crippen molar-refractivity contribution in [2.45, 2.75) is 119 Å². The van der Waals surface area contributed by atoms with Gasteiger partial charge in [-0.1, -0.05) is 140 Å². The lowest BCUT2D eigenvalue weighted by atomic mass is 9.55. The second kappa shape index (κ2) is 30.1. The molecule has 4 fully saturated rings. The second-order valence-corrected chi connectivity index (χ2v) is 25.3. The molecule has 19 heteroatoms. The molecule has 0 radical (unpaired) electrons. The lowest BCUT2D eigenvalue weighted by Crippen LogP contribution is -2.67. The highest BCUT2D eigenvalue weighted by Gasteiger charge is 2.61. The summed E-state index contributed by atoms with van der Waals surface area (Å²) in [6.07, 6.45) is -14.5. The number of esters is 7. The molecule has 2 heterocycles. The molecule has 13 rings (SSSR count). The van der Waals surface area contributed by atoms with E-state index in [2.05, 4.69) is 6.92 Å². The Bertz CT molecular complexity index is 4100. The van der Waals surface area contributed by atoms with Crippen molar-refractivity contribution in [1.82, 2.24) is 0 Å². The lowest BCUT2D eigenvalue weighted by molar-refractivity contribution is -0.362. The molecule has 502 valence electrons. The Morgan fingerprint density at radius 1 is 0.398 bits per heavy atom. The van der Waals surface area contributed by atoms with Crippen molar-refractivity contribution in [3.05, 3.63) is 286 Å². The molecule has 8 aromatic rings. The van der Waals surface area contributed by atoms with Crippen molar-refractivity contribution in [1.29, 1.82) is 0 Å². The SMILES string of the molecule is C[C@]12CC[C@@H]3c4ccc(F)cc4CC[C@H]3[C@@H]1CCC2O[C@H]1O[C@H](COC(=O)c2ccccc2)[C@@H](O[C@@H]2O[C@H](COC(=O)c3ccccc3)[C@H](OC(=O)c3ccccc3)[C@H](OC(=O)c3ccccc3)[C@H]2OC(=O)c2ccccc2)[C@H](OC(=O)c2ccccc2)[C@H]1OC(=O)c1ccccc1. The number of ether oxygens (including phenoxy) is 11. The summed E-state index contributed by atoms with van der Waals surface area (Å²) in [6.45, 7) is 0.758.